The Balaban J connectivity index is 0.00000180. The summed E-state index contributed by atoms with van der Waals surface area (Å²) in [5.41, 5.74) is 5.38. The molecular formula is C10H13ClN5O3-. The van der Waals surface area contributed by atoms with Crippen molar-refractivity contribution in [3.05, 3.63) is 29.9 Å². The minimum Gasteiger partial charge on any atom is -1.00 e. The van der Waals surface area contributed by atoms with E-state index in [9.17, 15) is 4.79 Å². The first-order valence-electron chi connectivity index (χ1n) is 5.36. The van der Waals surface area contributed by atoms with Crippen LogP contribution in [-0.2, 0) is 6.54 Å². The molecule has 2 heterocycles. The van der Waals surface area contributed by atoms with Gasteiger partial charge in [0.15, 0.2) is 0 Å². The van der Waals surface area contributed by atoms with Gasteiger partial charge in [0.2, 0.25) is 11.5 Å². The minimum absolute atomic E-state index is 0. The van der Waals surface area contributed by atoms with Crippen LogP contribution in [0.1, 0.15) is 16.2 Å². The van der Waals surface area contributed by atoms with Gasteiger partial charge in [-0.3, -0.25) is 4.79 Å². The van der Waals surface area contributed by atoms with E-state index in [-0.39, 0.29) is 23.9 Å². The van der Waals surface area contributed by atoms with Crippen LogP contribution in [0.15, 0.2) is 27.4 Å². The highest BCUT2D eigenvalue weighted by molar-refractivity contribution is 5.95. The monoisotopic (exact) mass is 286 g/mol. The predicted molar refractivity (Wildman–Crippen MR) is 61.5 cm³/mol. The Morgan fingerprint density at radius 3 is 2.84 bits per heavy atom. The highest BCUT2D eigenvalue weighted by Gasteiger charge is 2.14. The van der Waals surface area contributed by atoms with Crippen LogP contribution in [0.2, 0.25) is 0 Å². The maximum atomic E-state index is 11.5. The SMILES string of the molecule is Nc1nonc1C(=O)NCCNCc1ccco1.[Cl-]. The van der Waals surface area contributed by atoms with Gasteiger partial charge in [0.05, 0.1) is 12.8 Å². The molecule has 0 saturated heterocycles. The molecule has 4 N–H and O–H groups in total. The van der Waals surface area contributed by atoms with Crippen molar-refractivity contribution in [2.45, 2.75) is 6.54 Å². The zero-order chi connectivity index (χ0) is 12.8. The highest BCUT2D eigenvalue weighted by Crippen LogP contribution is 2.02. The fourth-order valence-corrected chi connectivity index (χ4v) is 1.33. The number of carbonyl (C=O) groups excluding carboxylic acids is 1. The van der Waals surface area contributed by atoms with E-state index in [0.29, 0.717) is 19.6 Å². The van der Waals surface area contributed by atoms with Gasteiger partial charge in [0, 0.05) is 13.1 Å². The third-order valence-corrected chi connectivity index (χ3v) is 2.20. The average molecular weight is 287 g/mol. The van der Waals surface area contributed by atoms with Crippen molar-refractivity contribution >= 4 is 11.7 Å². The number of aromatic nitrogens is 2. The van der Waals surface area contributed by atoms with E-state index in [4.69, 9.17) is 10.2 Å². The number of halogens is 1. The number of amides is 1. The number of nitrogens with one attached hydrogen (secondary N) is 2. The second kappa shape index (κ2) is 7.39. The van der Waals surface area contributed by atoms with Gasteiger partial charge in [-0.15, -0.1) is 0 Å². The lowest BCUT2D eigenvalue weighted by molar-refractivity contribution is -0.0000132. The summed E-state index contributed by atoms with van der Waals surface area (Å²) in [5.74, 6) is 0.413. The Bertz CT molecular complexity index is 499. The first-order valence-corrected chi connectivity index (χ1v) is 5.36. The molecule has 0 aliphatic rings. The number of nitrogens with zero attached hydrogens (tertiary/aromatic N) is 2. The van der Waals surface area contributed by atoms with Crippen LogP contribution >= 0.6 is 0 Å². The number of anilines is 1. The molecular weight excluding hydrogens is 274 g/mol. The second-order valence-electron chi connectivity index (χ2n) is 3.51. The van der Waals surface area contributed by atoms with Crippen molar-refractivity contribution in [3.8, 4) is 0 Å². The lowest BCUT2D eigenvalue weighted by atomic mass is 10.4. The second-order valence-corrected chi connectivity index (χ2v) is 3.51. The maximum absolute atomic E-state index is 11.5. The van der Waals surface area contributed by atoms with E-state index in [0.717, 1.165) is 5.76 Å². The molecule has 0 fully saturated rings. The van der Waals surface area contributed by atoms with Crippen molar-refractivity contribution in [1.82, 2.24) is 20.9 Å². The third kappa shape index (κ3) is 4.27. The van der Waals surface area contributed by atoms with E-state index in [1.807, 2.05) is 12.1 Å². The normalized spacial score (nSPS) is 9.89. The summed E-state index contributed by atoms with van der Waals surface area (Å²) in [5, 5.41) is 12.5. The van der Waals surface area contributed by atoms with Crippen molar-refractivity contribution < 1.29 is 26.2 Å². The first-order chi connectivity index (χ1) is 8.77. The fourth-order valence-electron chi connectivity index (χ4n) is 1.33. The summed E-state index contributed by atoms with van der Waals surface area (Å²) in [7, 11) is 0. The summed E-state index contributed by atoms with van der Waals surface area (Å²) in [6.45, 7) is 1.64. The van der Waals surface area contributed by atoms with E-state index < -0.39 is 5.91 Å². The van der Waals surface area contributed by atoms with Crippen LogP contribution in [0.4, 0.5) is 5.82 Å². The van der Waals surface area contributed by atoms with E-state index in [1.165, 1.54) is 0 Å². The molecule has 0 bridgehead atoms. The Morgan fingerprint density at radius 2 is 2.21 bits per heavy atom. The molecule has 104 valence electrons. The van der Waals surface area contributed by atoms with Crippen LogP contribution < -0.4 is 28.8 Å². The van der Waals surface area contributed by atoms with E-state index >= 15 is 0 Å². The predicted octanol–water partition coefficient (Wildman–Crippen LogP) is -3.23. The molecule has 2 aromatic rings. The molecule has 8 nitrogen and oxygen atoms in total. The topological polar surface area (TPSA) is 119 Å². The molecule has 0 atom stereocenters. The molecule has 1 amide bonds. The Hall–Kier alpha value is -2.06. The quantitative estimate of drug-likeness (QED) is 0.478. The molecule has 0 unspecified atom stereocenters. The summed E-state index contributed by atoms with van der Waals surface area (Å²) < 4.78 is 9.47. The standard InChI is InChI=1S/C10H13N5O3.ClH/c11-9-8(14-18-15-9)10(16)13-4-3-12-6-7-2-1-5-17-7;/h1-2,5,12H,3-4,6H2,(H2,11,15)(H,13,16);1H/p-1. The lowest BCUT2D eigenvalue weighted by Gasteiger charge is -2.04. The van der Waals surface area contributed by atoms with Gasteiger partial charge in [0.1, 0.15) is 5.76 Å². The zero-order valence-corrected chi connectivity index (χ0v) is 10.7. The van der Waals surface area contributed by atoms with Gasteiger partial charge in [-0.05, 0) is 22.4 Å². The Morgan fingerprint density at radius 1 is 1.37 bits per heavy atom. The van der Waals surface area contributed by atoms with Gasteiger partial charge in [-0.25, -0.2) is 4.63 Å². The molecule has 2 aromatic heterocycles. The number of hydrogen-bond donors (Lipinski definition) is 3. The number of nitrogens with two attached hydrogens (primary N) is 1. The van der Waals surface area contributed by atoms with Gasteiger partial charge in [-0.1, -0.05) is 0 Å². The Kier molecular flexibility index (Phi) is 5.83. The highest BCUT2D eigenvalue weighted by atomic mass is 35.5. The van der Waals surface area contributed by atoms with Crippen LogP contribution in [-0.4, -0.2) is 29.3 Å². The molecule has 19 heavy (non-hydrogen) atoms. The first kappa shape index (κ1) is 15.0. The number of nitrogen functional groups attached to an aromatic ring is 1. The summed E-state index contributed by atoms with van der Waals surface area (Å²) >= 11 is 0. The van der Waals surface area contributed by atoms with Crippen molar-refractivity contribution in [1.29, 1.82) is 0 Å². The molecule has 0 radical (unpaired) electrons. The number of furan rings is 1. The van der Waals surface area contributed by atoms with Gasteiger partial charge in [-0.2, -0.15) is 0 Å². The smallest absolute Gasteiger partial charge is 0.277 e. The van der Waals surface area contributed by atoms with Crippen molar-refractivity contribution in [2.75, 3.05) is 18.8 Å². The van der Waals surface area contributed by atoms with Gasteiger partial charge < -0.3 is 33.2 Å². The molecule has 0 spiro atoms. The summed E-state index contributed by atoms with van der Waals surface area (Å²) in [6.07, 6.45) is 1.61. The van der Waals surface area contributed by atoms with Crippen molar-refractivity contribution in [2.24, 2.45) is 0 Å². The molecule has 2 rings (SSSR count). The summed E-state index contributed by atoms with van der Waals surface area (Å²) in [4.78, 5) is 11.5. The molecule has 0 aliphatic heterocycles. The van der Waals surface area contributed by atoms with Crippen LogP contribution in [0.3, 0.4) is 0 Å². The van der Waals surface area contributed by atoms with E-state index in [1.54, 1.807) is 6.26 Å². The Labute approximate surface area is 115 Å². The number of carbonyl (C=O) groups is 1. The zero-order valence-electron chi connectivity index (χ0n) is 9.93. The average Bonchev–Trinajstić information content (AvgIpc) is 2.99. The van der Waals surface area contributed by atoms with Crippen LogP contribution in [0.25, 0.3) is 0 Å². The lowest BCUT2D eigenvalue weighted by Crippen LogP contribution is -3.00. The van der Waals surface area contributed by atoms with Crippen LogP contribution in [0, 0.1) is 0 Å². The van der Waals surface area contributed by atoms with Crippen molar-refractivity contribution in [3.63, 3.8) is 0 Å². The molecule has 9 heteroatoms. The van der Waals surface area contributed by atoms with E-state index in [2.05, 4.69) is 25.6 Å². The fraction of sp³-hybridized carbons (Fsp3) is 0.300. The molecule has 0 aliphatic carbocycles. The molecule has 0 aromatic carbocycles. The minimum atomic E-state index is -0.409. The number of rotatable bonds is 6. The largest absolute Gasteiger partial charge is 1.00 e. The van der Waals surface area contributed by atoms with Crippen LogP contribution in [0.5, 0.6) is 0 Å². The number of hydrogen-bond acceptors (Lipinski definition) is 7. The third-order valence-electron chi connectivity index (χ3n) is 2.20. The van der Waals surface area contributed by atoms with Gasteiger partial charge >= 0.3 is 0 Å². The maximum Gasteiger partial charge on any atom is 0.277 e. The van der Waals surface area contributed by atoms with Gasteiger partial charge in [0.25, 0.3) is 5.91 Å². The summed E-state index contributed by atoms with van der Waals surface area (Å²) in [6, 6.07) is 3.69. The molecule has 0 saturated carbocycles.